The van der Waals surface area contributed by atoms with Crippen molar-refractivity contribution < 1.29 is 84.5 Å². The number of hydrogen-bond donors (Lipinski definition) is 1. The van der Waals surface area contributed by atoms with Crippen LogP contribution in [0.5, 0.6) is 0 Å². The van der Waals surface area contributed by atoms with Gasteiger partial charge in [0.25, 0.3) is 11.4 Å². The molecule has 54 heavy (non-hydrogen) atoms. The van der Waals surface area contributed by atoms with Crippen LogP contribution in [0.3, 0.4) is 0 Å². The van der Waals surface area contributed by atoms with Crippen molar-refractivity contribution in [2.75, 3.05) is 37.9 Å². The Bertz CT molecular complexity index is 1500. The van der Waals surface area contributed by atoms with Crippen LogP contribution in [0.15, 0.2) is 36.4 Å². The number of non-ortho nitro benzene ring substituents is 2. The van der Waals surface area contributed by atoms with Gasteiger partial charge < -0.3 is 24.9 Å². The van der Waals surface area contributed by atoms with Gasteiger partial charge in [0.1, 0.15) is 23.1 Å². The molecule has 0 fully saturated rings. The molecule has 2 aromatic carbocycles. The van der Waals surface area contributed by atoms with Gasteiger partial charge in [-0.2, -0.15) is 0 Å². The summed E-state index contributed by atoms with van der Waals surface area (Å²) in [5.74, 6) is -1.93. The van der Waals surface area contributed by atoms with Gasteiger partial charge in [-0.1, -0.05) is 11.1 Å². The Balaban J connectivity index is -0.000000700. The molecule has 0 saturated carbocycles. The smallest absolute Gasteiger partial charge is 0.329 e. The minimum Gasteiger partial charge on any atom is -0.329 e. The van der Waals surface area contributed by atoms with Crippen molar-refractivity contribution in [3.63, 3.8) is 0 Å². The van der Waals surface area contributed by atoms with Crippen molar-refractivity contribution in [3.8, 4) is 0 Å². The number of hydrogen-bond acceptors (Lipinski definition) is 18. The summed E-state index contributed by atoms with van der Waals surface area (Å²) in [4.78, 5) is 87.2. The zero-order valence-electron chi connectivity index (χ0n) is 28.5. The quantitative estimate of drug-likeness (QED) is 0.0707. The van der Waals surface area contributed by atoms with Crippen molar-refractivity contribution in [3.05, 3.63) is 99.8 Å². The van der Waals surface area contributed by atoms with Gasteiger partial charge in [-0.3, -0.25) is 45.4 Å². The first-order valence-corrected chi connectivity index (χ1v) is 16.5. The number of nitro benzene ring substituents is 4. The fourth-order valence-electron chi connectivity index (χ4n) is 4.00. The van der Waals surface area contributed by atoms with Crippen LogP contribution in [0.1, 0.15) is 38.8 Å². The number of benzene rings is 2. The maximum Gasteiger partial charge on any atom is 3.00 e. The number of ketones is 4. The third kappa shape index (κ3) is 20.7. The predicted octanol–water partition coefficient (Wildman–Crippen LogP) is -0.827. The van der Waals surface area contributed by atoms with Crippen molar-refractivity contribution in [2.45, 2.75) is 27.7 Å². The summed E-state index contributed by atoms with van der Waals surface area (Å²) < 4.78 is 34.0. The maximum atomic E-state index is 11.4. The molecule has 0 aliphatic heterocycles. The van der Waals surface area contributed by atoms with Crippen molar-refractivity contribution >= 4 is 69.1 Å². The molecular formula is C28H32Cl3CoN6O16. The number of nitro groups is 4. The zero-order chi connectivity index (χ0) is 41.8. The van der Waals surface area contributed by atoms with Crippen molar-refractivity contribution in [2.24, 2.45) is 5.73 Å². The molecule has 0 aliphatic carbocycles. The standard InChI is InChI=1S/2C11H9N2O6.C6H14Cl2N2.ClHO4.Co/c2*1-6(14)11(7(2)15)9-4-3-8(12(16)17)5-10(9)13(18)19;7-1-4-10(5-2-8)6-3-9;2-1(3,4)5;/h2*3-5H,1-2H3;1-6,9H2;(H,2,3,4,5);/q2*-1;;;+3/p-1. The topological polar surface area (TPSA) is 362 Å². The average Bonchev–Trinajstić information content (AvgIpc) is 3.00. The average molecular weight is 874 g/mol. The summed E-state index contributed by atoms with van der Waals surface area (Å²) in [6.07, 6.45) is 0. The molecule has 0 atom stereocenters. The van der Waals surface area contributed by atoms with E-state index in [4.69, 9.17) is 47.6 Å². The molecule has 300 valence electrons. The summed E-state index contributed by atoms with van der Waals surface area (Å²) in [5, 5.41) is 42.9. The van der Waals surface area contributed by atoms with E-state index in [2.05, 4.69) is 4.90 Å². The molecule has 22 nitrogen and oxygen atoms in total. The van der Waals surface area contributed by atoms with Gasteiger partial charge in [0, 0.05) is 59.9 Å². The normalized spacial score (nSPS) is 10.0. The van der Waals surface area contributed by atoms with E-state index >= 15 is 0 Å². The third-order valence-corrected chi connectivity index (χ3v) is 6.31. The molecule has 0 saturated heterocycles. The van der Waals surface area contributed by atoms with E-state index in [9.17, 15) is 59.6 Å². The number of nitrogens with two attached hydrogens (primary N) is 1. The van der Waals surface area contributed by atoms with E-state index in [1.165, 1.54) is 0 Å². The number of halogens is 3. The van der Waals surface area contributed by atoms with Crippen LogP contribution in [-0.4, -0.2) is 85.7 Å². The first-order valence-electron chi connectivity index (χ1n) is 14.2. The van der Waals surface area contributed by atoms with Crippen LogP contribution >= 0.6 is 23.2 Å². The van der Waals surface area contributed by atoms with E-state index in [1.54, 1.807) is 0 Å². The first-order chi connectivity index (χ1) is 24.3. The third-order valence-electron chi connectivity index (χ3n) is 5.97. The minimum absolute atomic E-state index is 0. The molecule has 0 amide bonds. The Morgan fingerprint density at radius 2 is 0.907 bits per heavy atom. The Hall–Kier alpha value is -4.40. The fraction of sp³-hybridized carbons (Fsp3) is 0.357. The molecule has 0 radical (unpaired) electrons. The monoisotopic (exact) mass is 872 g/mol. The SMILES string of the molecule is CC(=O)[C-](C(C)=O)c1ccc([N+](=O)[O-])cc1[N+](=O)[O-].CC(=O)[C-](C(C)=O)c1ccc([N+](=O)[O-])cc1[N+](=O)[O-].NCCN(CCCl)CCCl.[Co+3].[O-][Cl+3]([O-])([O-])[O-]. The van der Waals surface area contributed by atoms with Gasteiger partial charge in [0.2, 0.25) is 0 Å². The Morgan fingerprint density at radius 1 is 0.630 bits per heavy atom. The van der Waals surface area contributed by atoms with Gasteiger partial charge in [-0.25, -0.2) is 18.6 Å². The Morgan fingerprint density at radius 3 is 1.09 bits per heavy atom. The van der Waals surface area contributed by atoms with Gasteiger partial charge in [-0.05, 0) is 51.7 Å². The van der Waals surface area contributed by atoms with E-state index in [1.807, 2.05) is 0 Å². The van der Waals surface area contributed by atoms with Gasteiger partial charge in [0.05, 0.1) is 9.85 Å². The first kappa shape index (κ1) is 53.9. The van der Waals surface area contributed by atoms with Gasteiger partial charge in [-0.15, -0.1) is 45.6 Å². The summed E-state index contributed by atoms with van der Waals surface area (Å²) in [5.41, 5.74) is 2.68. The van der Waals surface area contributed by atoms with Gasteiger partial charge in [0.15, 0.2) is 11.4 Å². The molecule has 2 N–H and O–H groups in total. The number of Topliss-reactive ketones (excluding diaryl/α,β-unsaturated/α-hetero) is 4. The van der Waals surface area contributed by atoms with E-state index in [0.717, 1.165) is 83.7 Å². The van der Waals surface area contributed by atoms with E-state index in [0.29, 0.717) is 18.3 Å². The molecule has 0 heterocycles. The molecular weight excluding hydrogens is 842 g/mol. The van der Waals surface area contributed by atoms with Crippen LogP contribution in [0.4, 0.5) is 22.7 Å². The summed E-state index contributed by atoms with van der Waals surface area (Å²) >= 11 is 11.1. The Kier molecular flexibility index (Phi) is 26.4. The van der Waals surface area contributed by atoms with Crippen LogP contribution < -0.4 is 24.4 Å². The van der Waals surface area contributed by atoms with Crippen LogP contribution in [0.25, 0.3) is 0 Å². The summed E-state index contributed by atoms with van der Waals surface area (Å²) in [6, 6.07) is 5.54. The number of nitrogens with zero attached hydrogens (tertiary/aromatic N) is 5. The van der Waals surface area contributed by atoms with Crippen molar-refractivity contribution in [1.82, 2.24) is 4.90 Å². The summed E-state index contributed by atoms with van der Waals surface area (Å²) in [7, 11) is -4.94. The molecule has 0 unspecified atom stereocenters. The second kappa shape index (κ2) is 26.4. The van der Waals surface area contributed by atoms with E-state index < -0.39 is 75.8 Å². The zero-order valence-corrected chi connectivity index (χ0v) is 31.8. The largest absolute Gasteiger partial charge is 3.00 e. The summed E-state index contributed by atoms with van der Waals surface area (Å²) in [6.45, 7) is 7.72. The molecule has 0 aliphatic rings. The van der Waals surface area contributed by atoms with E-state index in [-0.39, 0.29) is 39.7 Å². The predicted molar refractivity (Wildman–Crippen MR) is 174 cm³/mol. The van der Waals surface area contributed by atoms with Crippen molar-refractivity contribution in [1.29, 1.82) is 0 Å². The van der Waals surface area contributed by atoms with Crippen LogP contribution in [0, 0.1) is 62.5 Å². The second-order valence-corrected chi connectivity index (χ2v) is 11.3. The number of alkyl halides is 2. The molecule has 2 aromatic rings. The second-order valence-electron chi connectivity index (χ2n) is 9.79. The van der Waals surface area contributed by atoms with Crippen LogP contribution in [0.2, 0.25) is 0 Å². The fourth-order valence-corrected chi connectivity index (χ4v) is 4.48. The molecule has 2 rings (SSSR count). The molecule has 26 heteroatoms. The number of carbonyl (C=O) groups excluding carboxylic acids is 4. The van der Waals surface area contributed by atoms with Crippen LogP contribution in [-0.2, 0) is 36.0 Å². The number of rotatable bonds is 16. The minimum atomic E-state index is -4.94. The Labute approximate surface area is 328 Å². The molecule has 0 aromatic heterocycles. The molecule has 0 bridgehead atoms. The molecule has 0 spiro atoms. The maximum absolute atomic E-state index is 11.4. The number of carbonyl (C=O) groups is 4. The van der Waals surface area contributed by atoms with Gasteiger partial charge >= 0.3 is 16.8 Å².